The van der Waals surface area contributed by atoms with Crippen molar-refractivity contribution in [3.8, 4) is 5.75 Å². The van der Waals surface area contributed by atoms with Gasteiger partial charge in [-0.1, -0.05) is 33.6 Å². The van der Waals surface area contributed by atoms with Crippen molar-refractivity contribution in [1.29, 1.82) is 0 Å². The van der Waals surface area contributed by atoms with E-state index in [1.54, 1.807) is 18.2 Å². The van der Waals surface area contributed by atoms with Crippen molar-refractivity contribution in [3.63, 3.8) is 0 Å². The summed E-state index contributed by atoms with van der Waals surface area (Å²) in [7, 11) is 1.52. The molecule has 0 fully saturated rings. The van der Waals surface area contributed by atoms with Gasteiger partial charge >= 0.3 is 0 Å². The largest absolute Gasteiger partial charge is 0.496 e. The number of carbonyl (C=O) groups is 1. The first-order valence-electron chi connectivity index (χ1n) is 6.07. The Morgan fingerprint density at radius 3 is 2.86 bits per heavy atom. The highest BCUT2D eigenvalue weighted by Crippen LogP contribution is 2.26. The third-order valence-corrected chi connectivity index (χ3v) is 3.74. The van der Waals surface area contributed by atoms with Crippen LogP contribution in [0.3, 0.4) is 0 Å². The van der Waals surface area contributed by atoms with E-state index < -0.39 is 11.7 Å². The van der Waals surface area contributed by atoms with Crippen LogP contribution in [0.25, 0.3) is 0 Å². The van der Waals surface area contributed by atoms with E-state index in [4.69, 9.17) is 16.3 Å². The summed E-state index contributed by atoms with van der Waals surface area (Å²) in [5.74, 6) is -0.532. The lowest BCUT2D eigenvalue weighted by atomic mass is 10.1. The number of amides is 1. The second kappa shape index (κ2) is 6.91. The van der Waals surface area contributed by atoms with Gasteiger partial charge in [-0.05, 0) is 30.3 Å². The quantitative estimate of drug-likeness (QED) is 0.874. The Kier molecular flexibility index (Phi) is 5.20. The molecule has 0 atom stereocenters. The second-order valence-electron chi connectivity index (χ2n) is 4.23. The molecule has 0 saturated carbocycles. The normalized spacial score (nSPS) is 10.3. The topological polar surface area (TPSA) is 38.3 Å². The highest BCUT2D eigenvalue weighted by Gasteiger charge is 2.14. The summed E-state index contributed by atoms with van der Waals surface area (Å²) in [6.07, 6.45) is 0. The Morgan fingerprint density at radius 1 is 1.38 bits per heavy atom. The fourth-order valence-corrected chi connectivity index (χ4v) is 2.43. The SMILES string of the molecule is COc1cccc(Cl)c1CNC(=O)c1cc(Br)ccc1F. The lowest BCUT2D eigenvalue weighted by Gasteiger charge is -2.11. The van der Waals surface area contributed by atoms with Gasteiger partial charge < -0.3 is 10.1 Å². The van der Waals surface area contributed by atoms with E-state index in [1.165, 1.54) is 25.3 Å². The predicted octanol–water partition coefficient (Wildman–Crippen LogP) is 4.18. The van der Waals surface area contributed by atoms with Crippen LogP contribution < -0.4 is 10.1 Å². The number of hydrogen-bond donors (Lipinski definition) is 1. The van der Waals surface area contributed by atoms with Crippen LogP contribution in [0, 0.1) is 5.82 Å². The number of nitrogens with one attached hydrogen (secondary N) is 1. The predicted molar refractivity (Wildman–Crippen MR) is 83.3 cm³/mol. The summed E-state index contributed by atoms with van der Waals surface area (Å²) in [4.78, 5) is 12.0. The van der Waals surface area contributed by atoms with Gasteiger partial charge in [-0.2, -0.15) is 0 Å². The standard InChI is InChI=1S/C15H12BrClFNO2/c1-21-14-4-2-3-12(17)11(14)8-19-15(20)10-7-9(16)5-6-13(10)18/h2-7H,8H2,1H3,(H,19,20). The number of hydrogen-bond acceptors (Lipinski definition) is 2. The van der Waals surface area contributed by atoms with E-state index in [9.17, 15) is 9.18 Å². The Bertz CT molecular complexity index is 679. The first-order chi connectivity index (χ1) is 10.0. The van der Waals surface area contributed by atoms with Crippen LogP contribution in [0.4, 0.5) is 4.39 Å². The van der Waals surface area contributed by atoms with Crippen LogP contribution in [0.15, 0.2) is 40.9 Å². The van der Waals surface area contributed by atoms with Crippen molar-refractivity contribution in [2.75, 3.05) is 7.11 Å². The van der Waals surface area contributed by atoms with Crippen molar-refractivity contribution in [1.82, 2.24) is 5.32 Å². The first-order valence-corrected chi connectivity index (χ1v) is 7.24. The summed E-state index contributed by atoms with van der Waals surface area (Å²) in [6.45, 7) is 0.146. The van der Waals surface area contributed by atoms with Gasteiger partial charge in [0.15, 0.2) is 0 Å². The van der Waals surface area contributed by atoms with Gasteiger partial charge in [-0.25, -0.2) is 4.39 Å². The number of rotatable bonds is 4. The lowest BCUT2D eigenvalue weighted by molar-refractivity contribution is 0.0946. The Hall–Kier alpha value is -1.59. The zero-order valence-corrected chi connectivity index (χ0v) is 13.5. The van der Waals surface area contributed by atoms with Crippen molar-refractivity contribution < 1.29 is 13.9 Å². The maximum absolute atomic E-state index is 13.6. The van der Waals surface area contributed by atoms with E-state index in [0.717, 1.165) is 0 Å². The molecule has 3 nitrogen and oxygen atoms in total. The number of ether oxygens (including phenoxy) is 1. The molecule has 21 heavy (non-hydrogen) atoms. The van der Waals surface area contributed by atoms with Crippen LogP contribution in [0.1, 0.15) is 15.9 Å². The highest BCUT2D eigenvalue weighted by atomic mass is 79.9. The van der Waals surface area contributed by atoms with E-state index >= 15 is 0 Å². The summed E-state index contributed by atoms with van der Waals surface area (Å²) in [6, 6.07) is 9.38. The van der Waals surface area contributed by atoms with Crippen molar-refractivity contribution in [3.05, 3.63) is 62.8 Å². The minimum absolute atomic E-state index is 0.0320. The van der Waals surface area contributed by atoms with Gasteiger partial charge in [-0.15, -0.1) is 0 Å². The molecule has 0 aliphatic carbocycles. The van der Waals surface area contributed by atoms with Gasteiger partial charge in [0.05, 0.1) is 12.7 Å². The fraction of sp³-hybridized carbons (Fsp3) is 0.133. The van der Waals surface area contributed by atoms with E-state index in [2.05, 4.69) is 21.2 Å². The minimum Gasteiger partial charge on any atom is -0.496 e. The molecule has 2 aromatic rings. The zero-order valence-electron chi connectivity index (χ0n) is 11.1. The third-order valence-electron chi connectivity index (χ3n) is 2.89. The average Bonchev–Trinajstić information content (AvgIpc) is 2.47. The smallest absolute Gasteiger partial charge is 0.254 e. The number of carbonyl (C=O) groups excluding carboxylic acids is 1. The molecule has 2 aromatic carbocycles. The zero-order chi connectivity index (χ0) is 15.4. The van der Waals surface area contributed by atoms with Crippen molar-refractivity contribution in [2.45, 2.75) is 6.54 Å². The van der Waals surface area contributed by atoms with Gasteiger partial charge in [-0.3, -0.25) is 4.79 Å². The Labute approximate surface area is 135 Å². The molecule has 0 radical (unpaired) electrons. The van der Waals surface area contributed by atoms with Gasteiger partial charge in [0, 0.05) is 21.6 Å². The first kappa shape index (κ1) is 15.8. The molecular weight excluding hydrogens is 361 g/mol. The summed E-state index contributed by atoms with van der Waals surface area (Å²) < 4.78 is 19.5. The summed E-state index contributed by atoms with van der Waals surface area (Å²) in [5, 5.41) is 3.11. The molecule has 0 spiro atoms. The molecule has 0 bridgehead atoms. The Morgan fingerprint density at radius 2 is 2.14 bits per heavy atom. The molecule has 0 aliphatic rings. The van der Waals surface area contributed by atoms with Crippen LogP contribution in [-0.2, 0) is 6.54 Å². The van der Waals surface area contributed by atoms with Gasteiger partial charge in [0.2, 0.25) is 0 Å². The molecule has 1 amide bonds. The van der Waals surface area contributed by atoms with E-state index in [0.29, 0.717) is 20.8 Å². The van der Waals surface area contributed by atoms with Crippen molar-refractivity contribution >= 4 is 33.4 Å². The molecule has 0 aromatic heterocycles. The fourth-order valence-electron chi connectivity index (χ4n) is 1.84. The van der Waals surface area contributed by atoms with Crippen LogP contribution in [0.2, 0.25) is 5.02 Å². The monoisotopic (exact) mass is 371 g/mol. The van der Waals surface area contributed by atoms with Crippen LogP contribution >= 0.6 is 27.5 Å². The minimum atomic E-state index is -0.582. The molecule has 0 aliphatic heterocycles. The van der Waals surface area contributed by atoms with Crippen LogP contribution in [0.5, 0.6) is 5.75 Å². The molecule has 110 valence electrons. The molecule has 2 rings (SSSR count). The molecule has 6 heteroatoms. The molecule has 0 heterocycles. The molecular formula is C15H12BrClFNO2. The Balaban J connectivity index is 2.17. The lowest BCUT2D eigenvalue weighted by Crippen LogP contribution is -2.24. The number of halogens is 3. The maximum Gasteiger partial charge on any atom is 0.254 e. The molecule has 1 N–H and O–H groups in total. The maximum atomic E-state index is 13.6. The summed E-state index contributed by atoms with van der Waals surface area (Å²) >= 11 is 9.29. The third kappa shape index (κ3) is 3.74. The van der Waals surface area contributed by atoms with Gasteiger partial charge in [0.1, 0.15) is 11.6 Å². The van der Waals surface area contributed by atoms with Crippen molar-refractivity contribution in [2.24, 2.45) is 0 Å². The molecule has 0 unspecified atom stereocenters. The summed E-state index contributed by atoms with van der Waals surface area (Å²) in [5.41, 5.74) is 0.612. The second-order valence-corrected chi connectivity index (χ2v) is 5.55. The number of methoxy groups -OCH3 is 1. The van der Waals surface area contributed by atoms with E-state index in [-0.39, 0.29) is 12.1 Å². The molecule has 0 saturated heterocycles. The highest BCUT2D eigenvalue weighted by molar-refractivity contribution is 9.10. The van der Waals surface area contributed by atoms with Gasteiger partial charge in [0.25, 0.3) is 5.91 Å². The number of benzene rings is 2. The average molecular weight is 373 g/mol. The van der Waals surface area contributed by atoms with E-state index in [1.807, 2.05) is 0 Å². The van der Waals surface area contributed by atoms with Crippen LogP contribution in [-0.4, -0.2) is 13.0 Å².